The van der Waals surface area contributed by atoms with Crippen LogP contribution in [0.1, 0.15) is 61.6 Å². The van der Waals surface area contributed by atoms with Crippen molar-refractivity contribution in [2.45, 2.75) is 56.8 Å². The van der Waals surface area contributed by atoms with Crippen molar-refractivity contribution >= 4 is 48.9 Å². The molecule has 2 fully saturated rings. The highest BCUT2D eigenvalue weighted by Crippen LogP contribution is 2.57. The lowest BCUT2D eigenvalue weighted by Gasteiger charge is -2.50. The van der Waals surface area contributed by atoms with Gasteiger partial charge in [-0.25, -0.2) is 8.42 Å². The number of fused-ring (bicyclic) bond motifs is 5. The molecular weight excluding hydrogens is 536 g/mol. The maximum Gasteiger partial charge on any atom is 0.213 e. The van der Waals surface area contributed by atoms with Crippen molar-refractivity contribution in [3.8, 4) is 0 Å². The van der Waals surface area contributed by atoms with E-state index in [0.29, 0.717) is 19.0 Å². The lowest BCUT2D eigenvalue weighted by atomic mass is 9.53. The van der Waals surface area contributed by atoms with Crippen LogP contribution in [-0.2, 0) is 21.9 Å². The molecule has 4 aromatic rings. The SMILES string of the molecule is CCS(=O)(=O)N1CCN(c2cccc3c2ccc2c4c(ccc23)C(C2(c3ccc(Cl)cc3)CCC2)CCC4)CC1. The lowest BCUT2D eigenvalue weighted by Crippen LogP contribution is -2.49. The Labute approximate surface area is 243 Å². The van der Waals surface area contributed by atoms with Crippen LogP contribution in [0.4, 0.5) is 5.69 Å². The van der Waals surface area contributed by atoms with E-state index in [1.165, 1.54) is 64.9 Å². The molecular formula is C34H37ClN2O2S. The van der Waals surface area contributed by atoms with Gasteiger partial charge in [-0.15, -0.1) is 0 Å². The molecule has 4 aromatic carbocycles. The Bertz CT molecular complexity index is 1690. The predicted octanol–water partition coefficient (Wildman–Crippen LogP) is 7.66. The molecule has 208 valence electrons. The van der Waals surface area contributed by atoms with Gasteiger partial charge in [0.15, 0.2) is 0 Å². The first-order chi connectivity index (χ1) is 19.4. The average Bonchev–Trinajstić information content (AvgIpc) is 2.97. The molecule has 1 saturated carbocycles. The molecule has 1 saturated heterocycles. The number of benzene rings is 4. The van der Waals surface area contributed by atoms with Gasteiger partial charge >= 0.3 is 0 Å². The van der Waals surface area contributed by atoms with Gasteiger partial charge in [0.2, 0.25) is 10.0 Å². The number of piperazine rings is 1. The summed E-state index contributed by atoms with van der Waals surface area (Å²) in [6.45, 7) is 4.25. The van der Waals surface area contributed by atoms with Crippen LogP contribution in [0.5, 0.6) is 0 Å². The summed E-state index contributed by atoms with van der Waals surface area (Å²) >= 11 is 6.26. The maximum absolute atomic E-state index is 12.4. The minimum Gasteiger partial charge on any atom is -0.368 e. The number of sulfonamides is 1. The smallest absolute Gasteiger partial charge is 0.213 e. The summed E-state index contributed by atoms with van der Waals surface area (Å²) in [4.78, 5) is 2.36. The van der Waals surface area contributed by atoms with E-state index < -0.39 is 10.0 Å². The van der Waals surface area contributed by atoms with Crippen molar-refractivity contribution < 1.29 is 8.42 Å². The number of rotatable bonds is 5. The van der Waals surface area contributed by atoms with Crippen LogP contribution in [0.25, 0.3) is 21.5 Å². The van der Waals surface area contributed by atoms with E-state index in [-0.39, 0.29) is 11.2 Å². The monoisotopic (exact) mass is 572 g/mol. The first kappa shape index (κ1) is 26.3. The van der Waals surface area contributed by atoms with E-state index in [0.717, 1.165) is 24.5 Å². The number of anilines is 1. The molecule has 0 spiro atoms. The van der Waals surface area contributed by atoms with Crippen LogP contribution >= 0.6 is 11.6 Å². The second-order valence-electron chi connectivity index (χ2n) is 11.9. The van der Waals surface area contributed by atoms with Crippen molar-refractivity contribution in [1.29, 1.82) is 0 Å². The lowest BCUT2D eigenvalue weighted by molar-refractivity contribution is 0.180. The van der Waals surface area contributed by atoms with Crippen molar-refractivity contribution in [2.75, 3.05) is 36.8 Å². The van der Waals surface area contributed by atoms with E-state index in [1.54, 1.807) is 22.4 Å². The Morgan fingerprint density at radius 2 is 1.52 bits per heavy atom. The Morgan fingerprint density at radius 1 is 0.825 bits per heavy atom. The normalized spacial score (nSPS) is 21.4. The molecule has 0 N–H and O–H groups in total. The van der Waals surface area contributed by atoms with Crippen LogP contribution in [-0.4, -0.2) is 44.7 Å². The van der Waals surface area contributed by atoms with Crippen molar-refractivity contribution in [2.24, 2.45) is 0 Å². The topological polar surface area (TPSA) is 40.6 Å². The molecule has 0 radical (unpaired) electrons. The Kier molecular flexibility index (Phi) is 6.60. The van der Waals surface area contributed by atoms with Gasteiger partial charge in [0.1, 0.15) is 0 Å². The highest BCUT2D eigenvalue weighted by molar-refractivity contribution is 7.89. The van der Waals surface area contributed by atoms with Gasteiger partial charge in [-0.1, -0.05) is 66.6 Å². The first-order valence-electron chi connectivity index (χ1n) is 14.9. The molecule has 7 rings (SSSR count). The van der Waals surface area contributed by atoms with Gasteiger partial charge < -0.3 is 4.90 Å². The van der Waals surface area contributed by atoms with E-state index in [2.05, 4.69) is 71.6 Å². The van der Waals surface area contributed by atoms with Crippen LogP contribution in [0.15, 0.2) is 66.7 Å². The molecule has 6 heteroatoms. The third-order valence-corrected chi connectivity index (χ3v) is 12.3. The van der Waals surface area contributed by atoms with Gasteiger partial charge in [-0.05, 0) is 96.0 Å². The van der Waals surface area contributed by atoms with Gasteiger partial charge in [0.25, 0.3) is 0 Å². The summed E-state index contributed by atoms with van der Waals surface area (Å²) in [5.74, 6) is 0.715. The number of nitrogens with zero attached hydrogens (tertiary/aromatic N) is 2. The van der Waals surface area contributed by atoms with Gasteiger partial charge in [0, 0.05) is 47.7 Å². The van der Waals surface area contributed by atoms with Crippen LogP contribution in [0.2, 0.25) is 5.02 Å². The fourth-order valence-electron chi connectivity index (χ4n) is 7.90. The molecule has 3 aliphatic rings. The van der Waals surface area contributed by atoms with Gasteiger partial charge in [-0.2, -0.15) is 4.31 Å². The van der Waals surface area contributed by atoms with Crippen molar-refractivity contribution in [3.05, 3.63) is 88.4 Å². The third-order valence-electron chi connectivity index (χ3n) is 10.1. The van der Waals surface area contributed by atoms with Crippen LogP contribution in [0, 0.1) is 0 Å². The number of hydrogen-bond donors (Lipinski definition) is 0. The molecule has 1 atom stereocenters. The fraction of sp³-hybridized carbons (Fsp3) is 0.412. The highest BCUT2D eigenvalue weighted by Gasteiger charge is 2.47. The third kappa shape index (κ3) is 4.16. The first-order valence-corrected chi connectivity index (χ1v) is 16.9. The zero-order chi connectivity index (χ0) is 27.5. The number of hydrogen-bond acceptors (Lipinski definition) is 3. The zero-order valence-corrected chi connectivity index (χ0v) is 24.8. The van der Waals surface area contributed by atoms with Crippen molar-refractivity contribution in [3.63, 3.8) is 0 Å². The predicted molar refractivity (Wildman–Crippen MR) is 167 cm³/mol. The number of halogens is 1. The zero-order valence-electron chi connectivity index (χ0n) is 23.2. The second-order valence-corrected chi connectivity index (χ2v) is 14.6. The van der Waals surface area contributed by atoms with Crippen molar-refractivity contribution in [1.82, 2.24) is 4.31 Å². The Hall–Kier alpha value is -2.60. The van der Waals surface area contributed by atoms with E-state index in [1.807, 2.05) is 0 Å². The largest absolute Gasteiger partial charge is 0.368 e. The number of aryl methyl sites for hydroxylation is 1. The van der Waals surface area contributed by atoms with Crippen LogP contribution in [0.3, 0.4) is 0 Å². The van der Waals surface area contributed by atoms with Gasteiger partial charge in [0.05, 0.1) is 5.75 Å². The van der Waals surface area contributed by atoms with E-state index in [9.17, 15) is 8.42 Å². The summed E-state index contributed by atoms with van der Waals surface area (Å²) in [5.41, 5.74) is 5.98. The summed E-state index contributed by atoms with van der Waals surface area (Å²) < 4.78 is 26.4. The summed E-state index contributed by atoms with van der Waals surface area (Å²) in [5, 5.41) is 6.09. The summed E-state index contributed by atoms with van der Waals surface area (Å²) in [6, 6.07) is 24.8. The van der Waals surface area contributed by atoms with E-state index >= 15 is 0 Å². The molecule has 1 unspecified atom stereocenters. The Balaban J connectivity index is 1.26. The molecule has 0 aromatic heterocycles. The molecule has 40 heavy (non-hydrogen) atoms. The van der Waals surface area contributed by atoms with Crippen LogP contribution < -0.4 is 4.90 Å². The minimum absolute atomic E-state index is 0.166. The van der Waals surface area contributed by atoms with E-state index in [4.69, 9.17) is 11.6 Å². The molecule has 4 nitrogen and oxygen atoms in total. The maximum atomic E-state index is 12.4. The standard InChI is InChI=1S/C34H37ClN2O2S/c1-2-40(38,39)37-22-20-36(21-23-37)33-9-4-7-27-29-14-16-30-26(28(29)15-17-31(27)33)6-3-8-32(30)34(18-5-19-34)24-10-12-25(35)13-11-24/h4,7,9-17,32H,2-3,5-6,8,18-23H2,1H3. The molecule has 2 aliphatic carbocycles. The molecule has 1 heterocycles. The quantitative estimate of drug-likeness (QED) is 0.230. The molecule has 0 bridgehead atoms. The second kappa shape index (κ2) is 10.0. The summed E-state index contributed by atoms with van der Waals surface area (Å²) in [6.07, 6.45) is 7.43. The molecule has 0 amide bonds. The fourth-order valence-corrected chi connectivity index (χ4v) is 9.11. The van der Waals surface area contributed by atoms with Gasteiger partial charge in [-0.3, -0.25) is 0 Å². The highest BCUT2D eigenvalue weighted by atomic mass is 35.5. The average molecular weight is 573 g/mol. The molecule has 1 aliphatic heterocycles. The Morgan fingerprint density at radius 3 is 2.23 bits per heavy atom. The summed E-state index contributed by atoms with van der Waals surface area (Å²) in [7, 11) is -3.14. The minimum atomic E-state index is -3.14.